The Morgan fingerprint density at radius 1 is 1.18 bits per heavy atom. The number of hydrogen-bond acceptors (Lipinski definition) is 4. The van der Waals surface area contributed by atoms with Crippen LogP contribution in [0.2, 0.25) is 0 Å². The number of fused-ring (bicyclic) bond motifs is 1. The van der Waals surface area contributed by atoms with Crippen LogP contribution < -0.4 is 5.73 Å². The fourth-order valence-electron chi connectivity index (χ4n) is 1.74. The van der Waals surface area contributed by atoms with Crippen molar-refractivity contribution >= 4 is 22.2 Å². The average molecular weight is 241 g/mol. The first-order chi connectivity index (χ1) is 8.36. The Kier molecular flexibility index (Phi) is 2.59. The van der Waals surface area contributed by atoms with Crippen LogP contribution in [0.5, 0.6) is 0 Å². The fourth-order valence-corrected chi connectivity index (χ4v) is 2.53. The molecule has 0 aliphatic rings. The molecule has 4 heteroatoms. The molecule has 0 fully saturated rings. The van der Waals surface area contributed by atoms with Crippen molar-refractivity contribution in [2.75, 3.05) is 0 Å². The van der Waals surface area contributed by atoms with Crippen molar-refractivity contribution in [2.45, 2.75) is 6.54 Å². The van der Waals surface area contributed by atoms with Crippen LogP contribution in [0.15, 0.2) is 42.7 Å². The Bertz CT molecular complexity index is 660. The zero-order valence-corrected chi connectivity index (χ0v) is 9.95. The Balaban J connectivity index is 2.11. The summed E-state index contributed by atoms with van der Waals surface area (Å²) in [5.41, 5.74) is 7.72. The van der Waals surface area contributed by atoms with E-state index in [4.69, 9.17) is 5.73 Å². The molecular formula is C13H11N3S. The van der Waals surface area contributed by atoms with Gasteiger partial charge in [-0.1, -0.05) is 6.07 Å². The second-order valence-corrected chi connectivity index (χ2v) is 4.86. The van der Waals surface area contributed by atoms with Gasteiger partial charge in [-0.15, -0.1) is 11.3 Å². The summed E-state index contributed by atoms with van der Waals surface area (Å²) in [6.45, 7) is 0.548. The number of rotatable bonds is 2. The highest BCUT2D eigenvalue weighted by molar-refractivity contribution is 7.15. The van der Waals surface area contributed by atoms with Gasteiger partial charge >= 0.3 is 0 Å². The largest absolute Gasteiger partial charge is 0.326 e. The van der Waals surface area contributed by atoms with Gasteiger partial charge in [0.15, 0.2) is 0 Å². The molecule has 3 rings (SSSR count). The molecule has 84 valence electrons. The number of thiazole rings is 1. The standard InChI is InChI=1S/C13H11N3S/c14-7-11-8-16-13(17-11)10-3-4-12-9(6-10)2-1-5-15-12/h1-6,8H,7,14H2. The minimum absolute atomic E-state index is 0.548. The summed E-state index contributed by atoms with van der Waals surface area (Å²) in [7, 11) is 0. The van der Waals surface area contributed by atoms with E-state index in [0.717, 1.165) is 26.4 Å². The van der Waals surface area contributed by atoms with E-state index in [0.29, 0.717) is 6.54 Å². The minimum Gasteiger partial charge on any atom is -0.326 e. The Morgan fingerprint density at radius 2 is 2.12 bits per heavy atom. The summed E-state index contributed by atoms with van der Waals surface area (Å²) in [4.78, 5) is 9.79. The van der Waals surface area contributed by atoms with Crippen LogP contribution in [0.25, 0.3) is 21.5 Å². The first-order valence-electron chi connectivity index (χ1n) is 5.37. The molecule has 0 spiro atoms. The summed E-state index contributed by atoms with van der Waals surface area (Å²) < 4.78 is 0. The van der Waals surface area contributed by atoms with Crippen LogP contribution in [-0.4, -0.2) is 9.97 Å². The predicted molar refractivity (Wildman–Crippen MR) is 70.7 cm³/mol. The molecule has 2 N–H and O–H groups in total. The van der Waals surface area contributed by atoms with Crippen molar-refractivity contribution in [3.8, 4) is 10.6 Å². The first-order valence-corrected chi connectivity index (χ1v) is 6.18. The second kappa shape index (κ2) is 4.24. The zero-order chi connectivity index (χ0) is 11.7. The molecule has 1 aromatic carbocycles. The van der Waals surface area contributed by atoms with Gasteiger partial charge in [0.25, 0.3) is 0 Å². The van der Waals surface area contributed by atoms with Crippen LogP contribution >= 0.6 is 11.3 Å². The average Bonchev–Trinajstić information content (AvgIpc) is 2.87. The molecule has 0 saturated carbocycles. The lowest BCUT2D eigenvalue weighted by molar-refractivity contribution is 1.10. The van der Waals surface area contributed by atoms with Crippen LogP contribution in [0.1, 0.15) is 4.88 Å². The van der Waals surface area contributed by atoms with Crippen LogP contribution in [0, 0.1) is 0 Å². The van der Waals surface area contributed by atoms with Crippen LogP contribution in [-0.2, 0) is 6.54 Å². The van der Waals surface area contributed by atoms with Gasteiger partial charge in [0.2, 0.25) is 0 Å². The van der Waals surface area contributed by atoms with E-state index < -0.39 is 0 Å². The molecule has 0 bridgehead atoms. The van der Waals surface area contributed by atoms with Gasteiger partial charge in [-0.2, -0.15) is 0 Å². The van der Waals surface area contributed by atoms with Gasteiger partial charge < -0.3 is 5.73 Å². The van der Waals surface area contributed by atoms with E-state index >= 15 is 0 Å². The van der Waals surface area contributed by atoms with E-state index in [1.807, 2.05) is 18.3 Å². The number of hydrogen-bond donors (Lipinski definition) is 1. The Hall–Kier alpha value is -1.78. The molecular weight excluding hydrogens is 230 g/mol. The highest BCUT2D eigenvalue weighted by atomic mass is 32.1. The normalized spacial score (nSPS) is 10.9. The van der Waals surface area contributed by atoms with Crippen LogP contribution in [0.4, 0.5) is 0 Å². The summed E-state index contributed by atoms with van der Waals surface area (Å²) in [5, 5.41) is 2.14. The molecule has 2 heterocycles. The number of pyridine rings is 1. The molecule has 0 aliphatic carbocycles. The number of nitrogens with two attached hydrogens (primary N) is 1. The molecule has 2 aromatic heterocycles. The maximum Gasteiger partial charge on any atom is 0.123 e. The van der Waals surface area contributed by atoms with E-state index in [2.05, 4.69) is 28.2 Å². The predicted octanol–water partition coefficient (Wildman–Crippen LogP) is 2.82. The summed E-state index contributed by atoms with van der Waals surface area (Å²) in [6, 6.07) is 10.2. The third-order valence-electron chi connectivity index (χ3n) is 2.60. The highest BCUT2D eigenvalue weighted by Gasteiger charge is 2.04. The molecule has 3 aromatic rings. The SMILES string of the molecule is NCc1cnc(-c2ccc3ncccc3c2)s1. The monoisotopic (exact) mass is 241 g/mol. The number of nitrogens with zero attached hydrogens (tertiary/aromatic N) is 2. The molecule has 0 atom stereocenters. The second-order valence-electron chi connectivity index (χ2n) is 3.75. The topological polar surface area (TPSA) is 51.8 Å². The molecule has 0 radical (unpaired) electrons. The van der Waals surface area contributed by atoms with Gasteiger partial charge in [-0.05, 0) is 24.3 Å². The zero-order valence-electron chi connectivity index (χ0n) is 9.13. The smallest absolute Gasteiger partial charge is 0.123 e. The lowest BCUT2D eigenvalue weighted by Gasteiger charge is -1.99. The molecule has 3 nitrogen and oxygen atoms in total. The lowest BCUT2D eigenvalue weighted by atomic mass is 10.1. The van der Waals surface area contributed by atoms with E-state index in [1.165, 1.54) is 0 Å². The van der Waals surface area contributed by atoms with Crippen molar-refractivity contribution < 1.29 is 0 Å². The fraction of sp³-hybridized carbons (Fsp3) is 0.0769. The van der Waals surface area contributed by atoms with Crippen molar-refractivity contribution in [3.63, 3.8) is 0 Å². The number of benzene rings is 1. The molecule has 0 aliphatic heterocycles. The summed E-state index contributed by atoms with van der Waals surface area (Å²) >= 11 is 1.64. The third kappa shape index (κ3) is 1.92. The van der Waals surface area contributed by atoms with Gasteiger partial charge in [-0.3, -0.25) is 4.98 Å². The molecule has 0 amide bonds. The highest BCUT2D eigenvalue weighted by Crippen LogP contribution is 2.27. The van der Waals surface area contributed by atoms with Gasteiger partial charge in [0, 0.05) is 34.8 Å². The van der Waals surface area contributed by atoms with E-state index in [9.17, 15) is 0 Å². The lowest BCUT2D eigenvalue weighted by Crippen LogP contribution is -1.91. The first kappa shape index (κ1) is 10.4. The molecule has 0 saturated heterocycles. The minimum atomic E-state index is 0.548. The van der Waals surface area contributed by atoms with Crippen molar-refractivity contribution in [1.82, 2.24) is 9.97 Å². The summed E-state index contributed by atoms with van der Waals surface area (Å²) in [5.74, 6) is 0. The third-order valence-corrected chi connectivity index (χ3v) is 3.67. The Labute approximate surface area is 103 Å². The van der Waals surface area contributed by atoms with Crippen molar-refractivity contribution in [3.05, 3.63) is 47.6 Å². The maximum absolute atomic E-state index is 5.59. The van der Waals surface area contributed by atoms with Crippen molar-refractivity contribution in [1.29, 1.82) is 0 Å². The molecule has 0 unspecified atom stereocenters. The van der Waals surface area contributed by atoms with E-state index in [-0.39, 0.29) is 0 Å². The van der Waals surface area contributed by atoms with Crippen LogP contribution in [0.3, 0.4) is 0 Å². The van der Waals surface area contributed by atoms with Gasteiger partial charge in [0.1, 0.15) is 5.01 Å². The Morgan fingerprint density at radius 3 is 2.94 bits per heavy atom. The quantitative estimate of drug-likeness (QED) is 0.750. The molecule has 17 heavy (non-hydrogen) atoms. The number of aromatic nitrogens is 2. The van der Waals surface area contributed by atoms with Gasteiger partial charge in [0.05, 0.1) is 5.52 Å². The van der Waals surface area contributed by atoms with Crippen molar-refractivity contribution in [2.24, 2.45) is 5.73 Å². The summed E-state index contributed by atoms with van der Waals surface area (Å²) in [6.07, 6.45) is 3.64. The van der Waals surface area contributed by atoms with Gasteiger partial charge in [-0.25, -0.2) is 4.98 Å². The van der Waals surface area contributed by atoms with E-state index in [1.54, 1.807) is 17.5 Å². The maximum atomic E-state index is 5.59.